The highest BCUT2D eigenvalue weighted by Crippen LogP contribution is 2.15. The molecule has 2 aromatic rings. The Morgan fingerprint density at radius 1 is 1.07 bits per heavy atom. The van der Waals surface area contributed by atoms with Gasteiger partial charge in [-0.05, 0) is 43.3 Å². The van der Waals surface area contributed by atoms with Crippen molar-refractivity contribution in [1.29, 1.82) is 0 Å². The summed E-state index contributed by atoms with van der Waals surface area (Å²) in [5.74, 6) is -1.09. The van der Waals surface area contributed by atoms with Crippen molar-refractivity contribution in [3.8, 4) is 5.75 Å². The third-order valence-corrected chi connectivity index (χ3v) is 3.87. The lowest BCUT2D eigenvalue weighted by Gasteiger charge is -2.14. The van der Waals surface area contributed by atoms with Crippen LogP contribution in [0.15, 0.2) is 48.5 Å². The Kier molecular flexibility index (Phi) is 7.19. The van der Waals surface area contributed by atoms with Gasteiger partial charge in [-0.15, -0.1) is 0 Å². The monoisotopic (exact) mass is 390 g/mol. The number of anilines is 1. The molecule has 2 N–H and O–H groups in total. The maximum Gasteiger partial charge on any atom is 0.328 e. The molecule has 0 aliphatic carbocycles. The molecule has 2 aromatic carbocycles. The Hall–Kier alpha value is -3.06. The van der Waals surface area contributed by atoms with E-state index in [9.17, 15) is 14.4 Å². The normalized spacial score (nSPS) is 11.2. The highest BCUT2D eigenvalue weighted by atomic mass is 35.5. The largest absolute Gasteiger partial charge is 0.497 e. The molecule has 0 spiro atoms. The summed E-state index contributed by atoms with van der Waals surface area (Å²) in [4.78, 5) is 35.9. The van der Waals surface area contributed by atoms with Crippen LogP contribution in [0.5, 0.6) is 5.75 Å². The van der Waals surface area contributed by atoms with Gasteiger partial charge in [0.25, 0.3) is 11.8 Å². The van der Waals surface area contributed by atoms with Gasteiger partial charge in [0, 0.05) is 5.69 Å². The molecule has 8 heteroatoms. The molecule has 7 nitrogen and oxygen atoms in total. The van der Waals surface area contributed by atoms with Crippen molar-refractivity contribution in [2.45, 2.75) is 13.0 Å². The third kappa shape index (κ3) is 6.00. The third-order valence-electron chi connectivity index (χ3n) is 3.54. The minimum absolute atomic E-state index is 0.246. The molecular formula is C19H19ClN2O5. The topological polar surface area (TPSA) is 93.7 Å². The Balaban J connectivity index is 1.80. The minimum Gasteiger partial charge on any atom is -0.497 e. The van der Waals surface area contributed by atoms with E-state index in [1.54, 1.807) is 49.6 Å². The summed E-state index contributed by atoms with van der Waals surface area (Å²) < 4.78 is 9.95. The number of hydrogen-bond acceptors (Lipinski definition) is 5. The quantitative estimate of drug-likeness (QED) is 0.709. The second kappa shape index (κ2) is 9.59. The number of nitrogens with one attached hydrogen (secondary N) is 2. The molecule has 0 aromatic heterocycles. The smallest absolute Gasteiger partial charge is 0.328 e. The molecule has 0 heterocycles. The SMILES string of the molecule is COc1ccc(NC(=O)COC(=O)C(C)NC(=O)c2ccccc2Cl)cc1. The highest BCUT2D eigenvalue weighted by Gasteiger charge is 2.20. The van der Waals surface area contributed by atoms with Crippen LogP contribution in [0.25, 0.3) is 0 Å². The second-order valence-electron chi connectivity index (χ2n) is 5.56. The zero-order chi connectivity index (χ0) is 19.8. The summed E-state index contributed by atoms with van der Waals surface area (Å²) in [6.45, 7) is 0.982. The van der Waals surface area contributed by atoms with Crippen LogP contribution in [0.3, 0.4) is 0 Å². The average Bonchev–Trinajstić information content (AvgIpc) is 2.66. The van der Waals surface area contributed by atoms with Crippen LogP contribution in [-0.2, 0) is 14.3 Å². The number of methoxy groups -OCH3 is 1. The lowest BCUT2D eigenvalue weighted by Crippen LogP contribution is -2.40. The van der Waals surface area contributed by atoms with E-state index < -0.39 is 30.4 Å². The Bertz CT molecular complexity index is 823. The number of ether oxygens (including phenoxy) is 2. The molecule has 0 saturated heterocycles. The Morgan fingerprint density at radius 3 is 2.37 bits per heavy atom. The van der Waals surface area contributed by atoms with Gasteiger partial charge < -0.3 is 20.1 Å². The fraction of sp³-hybridized carbons (Fsp3) is 0.211. The van der Waals surface area contributed by atoms with Crippen LogP contribution >= 0.6 is 11.6 Å². The first-order valence-corrected chi connectivity index (χ1v) is 8.44. The summed E-state index contributed by atoms with van der Waals surface area (Å²) in [5, 5.41) is 5.34. The molecule has 2 amide bonds. The number of halogens is 1. The van der Waals surface area contributed by atoms with Gasteiger partial charge in [-0.1, -0.05) is 23.7 Å². The number of amides is 2. The molecule has 0 radical (unpaired) electrons. The van der Waals surface area contributed by atoms with Crippen molar-refractivity contribution in [3.05, 3.63) is 59.1 Å². The van der Waals surface area contributed by atoms with Crippen LogP contribution in [-0.4, -0.2) is 37.5 Å². The van der Waals surface area contributed by atoms with Crippen LogP contribution in [0.2, 0.25) is 5.02 Å². The predicted molar refractivity (Wildman–Crippen MR) is 101 cm³/mol. The van der Waals surface area contributed by atoms with Crippen molar-refractivity contribution in [3.63, 3.8) is 0 Å². The zero-order valence-corrected chi connectivity index (χ0v) is 15.6. The van der Waals surface area contributed by atoms with Gasteiger partial charge in [-0.3, -0.25) is 9.59 Å². The van der Waals surface area contributed by atoms with E-state index in [0.29, 0.717) is 11.4 Å². The van der Waals surface area contributed by atoms with Crippen LogP contribution in [0.1, 0.15) is 17.3 Å². The number of carbonyl (C=O) groups is 3. The van der Waals surface area contributed by atoms with Crippen LogP contribution in [0, 0.1) is 0 Å². The summed E-state index contributed by atoms with van der Waals surface area (Å²) in [7, 11) is 1.54. The van der Waals surface area contributed by atoms with Crippen LogP contribution < -0.4 is 15.4 Å². The molecule has 0 aliphatic rings. The van der Waals surface area contributed by atoms with Gasteiger partial charge in [0.1, 0.15) is 11.8 Å². The predicted octanol–water partition coefficient (Wildman–Crippen LogP) is 2.65. The summed E-state index contributed by atoms with van der Waals surface area (Å²) in [6, 6.07) is 12.2. The van der Waals surface area contributed by atoms with Gasteiger partial charge in [-0.25, -0.2) is 4.79 Å². The highest BCUT2D eigenvalue weighted by molar-refractivity contribution is 6.33. The second-order valence-corrected chi connectivity index (χ2v) is 5.97. The lowest BCUT2D eigenvalue weighted by molar-refractivity contribution is -0.148. The van der Waals surface area contributed by atoms with Crippen molar-refractivity contribution < 1.29 is 23.9 Å². The lowest BCUT2D eigenvalue weighted by atomic mass is 10.2. The molecule has 0 fully saturated rings. The number of carbonyl (C=O) groups excluding carboxylic acids is 3. The molecule has 0 aliphatic heterocycles. The fourth-order valence-electron chi connectivity index (χ4n) is 2.11. The van der Waals surface area contributed by atoms with Gasteiger partial charge >= 0.3 is 5.97 Å². The van der Waals surface area contributed by atoms with Crippen molar-refractivity contribution in [1.82, 2.24) is 5.32 Å². The maximum absolute atomic E-state index is 12.1. The van der Waals surface area contributed by atoms with Crippen molar-refractivity contribution >= 4 is 35.1 Å². The summed E-state index contributed by atoms with van der Waals surface area (Å²) in [6.07, 6.45) is 0. The maximum atomic E-state index is 12.1. The van der Waals surface area contributed by atoms with E-state index in [1.807, 2.05) is 0 Å². The average molecular weight is 391 g/mol. The molecule has 0 bridgehead atoms. The van der Waals surface area contributed by atoms with E-state index in [-0.39, 0.29) is 10.6 Å². The Labute approximate surface area is 161 Å². The van der Waals surface area contributed by atoms with Crippen molar-refractivity contribution in [2.24, 2.45) is 0 Å². The molecular weight excluding hydrogens is 372 g/mol. The fourth-order valence-corrected chi connectivity index (χ4v) is 2.33. The first-order chi connectivity index (χ1) is 12.9. The summed E-state index contributed by atoms with van der Waals surface area (Å²) >= 11 is 5.94. The van der Waals surface area contributed by atoms with Gasteiger partial charge in [0.15, 0.2) is 6.61 Å². The summed E-state index contributed by atoms with van der Waals surface area (Å²) in [5.41, 5.74) is 0.785. The first kappa shape index (κ1) is 20.3. The molecule has 0 saturated carbocycles. The molecule has 142 valence electrons. The molecule has 1 atom stereocenters. The van der Waals surface area contributed by atoms with E-state index in [2.05, 4.69) is 10.6 Å². The first-order valence-electron chi connectivity index (χ1n) is 8.06. The van der Waals surface area contributed by atoms with E-state index in [4.69, 9.17) is 21.1 Å². The molecule has 27 heavy (non-hydrogen) atoms. The minimum atomic E-state index is -0.942. The van der Waals surface area contributed by atoms with Gasteiger partial charge in [0.05, 0.1) is 17.7 Å². The number of esters is 1. The Morgan fingerprint density at radius 2 is 1.74 bits per heavy atom. The number of rotatable bonds is 7. The number of hydrogen-bond donors (Lipinski definition) is 2. The van der Waals surface area contributed by atoms with Crippen molar-refractivity contribution in [2.75, 3.05) is 19.0 Å². The zero-order valence-electron chi connectivity index (χ0n) is 14.8. The standard InChI is InChI=1S/C19H19ClN2O5/c1-12(21-18(24)15-5-3-4-6-16(15)20)19(25)27-11-17(23)22-13-7-9-14(26-2)10-8-13/h3-10,12H,11H2,1-2H3,(H,21,24)(H,22,23). The number of benzene rings is 2. The molecule has 2 rings (SSSR count). The van der Waals surface area contributed by atoms with Gasteiger partial charge in [0.2, 0.25) is 0 Å². The van der Waals surface area contributed by atoms with Crippen LogP contribution in [0.4, 0.5) is 5.69 Å². The van der Waals surface area contributed by atoms with E-state index in [0.717, 1.165) is 0 Å². The van der Waals surface area contributed by atoms with Gasteiger partial charge in [-0.2, -0.15) is 0 Å². The van der Waals surface area contributed by atoms with E-state index in [1.165, 1.54) is 13.0 Å². The van der Waals surface area contributed by atoms with E-state index >= 15 is 0 Å². The molecule has 1 unspecified atom stereocenters.